The predicted octanol–water partition coefficient (Wildman–Crippen LogP) is 1.09. The van der Waals surface area contributed by atoms with Crippen LogP contribution in [-0.2, 0) is 4.79 Å². The fourth-order valence-electron chi connectivity index (χ4n) is 3.40. The first-order valence-corrected chi connectivity index (χ1v) is 9.57. The molecule has 1 heterocycles. The zero-order valence-electron chi connectivity index (χ0n) is 16.6. The summed E-state index contributed by atoms with van der Waals surface area (Å²) in [5, 5.41) is 14.1. The van der Waals surface area contributed by atoms with Crippen molar-refractivity contribution in [2.24, 2.45) is 0 Å². The highest BCUT2D eigenvalue weighted by Crippen LogP contribution is 2.26. The van der Waals surface area contributed by atoms with Gasteiger partial charge in [-0.15, -0.1) is 0 Å². The molecule has 0 aromatic heterocycles. The number of carbonyl (C=O) groups is 2. The van der Waals surface area contributed by atoms with Crippen molar-refractivity contribution in [1.82, 2.24) is 15.1 Å². The number of nitrogens with one attached hydrogen (secondary N) is 1. The molecule has 2 amide bonds. The van der Waals surface area contributed by atoms with Crippen molar-refractivity contribution in [3.05, 3.63) is 33.9 Å². The highest BCUT2D eigenvalue weighted by atomic mass is 16.6. The molecule has 1 aliphatic carbocycles. The molecule has 2 aliphatic rings. The molecule has 1 aliphatic heterocycles. The van der Waals surface area contributed by atoms with E-state index in [1.54, 1.807) is 30.0 Å². The van der Waals surface area contributed by atoms with Crippen molar-refractivity contribution < 1.29 is 14.5 Å². The molecule has 0 spiro atoms. The Bertz CT molecular complexity index is 770. The van der Waals surface area contributed by atoms with Crippen LogP contribution in [0.25, 0.3) is 0 Å². The topological polar surface area (TPSA) is 99.0 Å². The van der Waals surface area contributed by atoms with Gasteiger partial charge >= 0.3 is 0 Å². The SMILES string of the molecule is CC(C(=O)NC1CC1)N1CCN(C(=O)c2cc([N+](=O)[O-])ccc2N(C)C)CC1. The number of rotatable bonds is 6. The normalized spacial score (nSPS) is 18.5. The van der Waals surface area contributed by atoms with E-state index in [1.165, 1.54) is 12.1 Å². The van der Waals surface area contributed by atoms with Crippen LogP contribution in [0.5, 0.6) is 0 Å². The lowest BCUT2D eigenvalue weighted by Gasteiger charge is -2.37. The van der Waals surface area contributed by atoms with Crippen molar-refractivity contribution >= 4 is 23.2 Å². The molecule has 0 radical (unpaired) electrons. The summed E-state index contributed by atoms with van der Waals surface area (Å²) in [6.45, 7) is 4.04. The van der Waals surface area contributed by atoms with E-state index in [4.69, 9.17) is 0 Å². The lowest BCUT2D eigenvalue weighted by molar-refractivity contribution is -0.384. The molecule has 1 saturated carbocycles. The van der Waals surface area contributed by atoms with Gasteiger partial charge in [0.1, 0.15) is 0 Å². The van der Waals surface area contributed by atoms with E-state index >= 15 is 0 Å². The number of hydrogen-bond donors (Lipinski definition) is 1. The first-order chi connectivity index (χ1) is 13.3. The molecular formula is C19H27N5O4. The fourth-order valence-corrected chi connectivity index (χ4v) is 3.40. The van der Waals surface area contributed by atoms with E-state index in [2.05, 4.69) is 10.2 Å². The van der Waals surface area contributed by atoms with E-state index < -0.39 is 4.92 Å². The second-order valence-corrected chi connectivity index (χ2v) is 7.64. The van der Waals surface area contributed by atoms with Gasteiger partial charge in [0.25, 0.3) is 11.6 Å². The summed E-state index contributed by atoms with van der Waals surface area (Å²) >= 11 is 0. The largest absolute Gasteiger partial charge is 0.377 e. The zero-order chi connectivity index (χ0) is 20.4. The second-order valence-electron chi connectivity index (χ2n) is 7.64. The molecule has 1 atom stereocenters. The van der Waals surface area contributed by atoms with Gasteiger partial charge in [0, 0.05) is 64.1 Å². The number of benzene rings is 1. The average molecular weight is 389 g/mol. The number of hydrogen-bond acceptors (Lipinski definition) is 6. The van der Waals surface area contributed by atoms with Crippen LogP contribution in [0.15, 0.2) is 18.2 Å². The van der Waals surface area contributed by atoms with Gasteiger partial charge in [0.15, 0.2) is 0 Å². The van der Waals surface area contributed by atoms with Gasteiger partial charge in [0.05, 0.1) is 16.5 Å². The molecule has 1 aromatic rings. The molecule has 3 rings (SSSR count). The number of piperazine rings is 1. The molecule has 1 aromatic carbocycles. The third-order valence-electron chi connectivity index (χ3n) is 5.36. The summed E-state index contributed by atoms with van der Waals surface area (Å²) in [7, 11) is 3.60. The number of amides is 2. The average Bonchev–Trinajstić information content (AvgIpc) is 3.50. The Hall–Kier alpha value is -2.68. The Morgan fingerprint density at radius 1 is 1.21 bits per heavy atom. The summed E-state index contributed by atoms with van der Waals surface area (Å²) < 4.78 is 0. The number of anilines is 1. The third-order valence-corrected chi connectivity index (χ3v) is 5.36. The number of non-ortho nitro benzene ring substituents is 1. The number of nitro groups is 1. The lowest BCUT2D eigenvalue weighted by atomic mass is 10.1. The van der Waals surface area contributed by atoms with Crippen LogP contribution in [0, 0.1) is 10.1 Å². The van der Waals surface area contributed by atoms with Crippen LogP contribution in [0.4, 0.5) is 11.4 Å². The Labute approximate surface area is 164 Å². The number of nitrogens with zero attached hydrogens (tertiary/aromatic N) is 4. The minimum absolute atomic E-state index is 0.0378. The minimum atomic E-state index is -0.492. The summed E-state index contributed by atoms with van der Waals surface area (Å²) in [5.41, 5.74) is 0.875. The van der Waals surface area contributed by atoms with Gasteiger partial charge in [-0.3, -0.25) is 24.6 Å². The lowest BCUT2D eigenvalue weighted by Crippen LogP contribution is -2.55. The molecule has 28 heavy (non-hydrogen) atoms. The van der Waals surface area contributed by atoms with Crippen LogP contribution in [0.1, 0.15) is 30.1 Å². The monoisotopic (exact) mass is 389 g/mol. The molecule has 1 saturated heterocycles. The molecule has 2 fully saturated rings. The van der Waals surface area contributed by atoms with Crippen molar-refractivity contribution in [3.63, 3.8) is 0 Å². The molecule has 0 bridgehead atoms. The van der Waals surface area contributed by atoms with Gasteiger partial charge in [-0.2, -0.15) is 0 Å². The quantitative estimate of drug-likeness (QED) is 0.578. The van der Waals surface area contributed by atoms with Gasteiger partial charge in [-0.25, -0.2) is 0 Å². The van der Waals surface area contributed by atoms with E-state index in [9.17, 15) is 19.7 Å². The van der Waals surface area contributed by atoms with Crippen LogP contribution in [0.2, 0.25) is 0 Å². The third kappa shape index (κ3) is 4.41. The minimum Gasteiger partial charge on any atom is -0.377 e. The smallest absolute Gasteiger partial charge is 0.270 e. The molecule has 1 N–H and O–H groups in total. The molecule has 152 valence electrons. The Morgan fingerprint density at radius 3 is 2.39 bits per heavy atom. The maximum Gasteiger partial charge on any atom is 0.270 e. The van der Waals surface area contributed by atoms with E-state index in [-0.39, 0.29) is 23.5 Å². The standard InChI is InChI=1S/C19H27N5O4/c1-13(18(25)20-14-4-5-14)22-8-10-23(11-9-22)19(26)16-12-15(24(27)28)6-7-17(16)21(2)3/h6-7,12-14H,4-5,8-11H2,1-3H3,(H,20,25). The zero-order valence-corrected chi connectivity index (χ0v) is 16.6. The molecule has 9 heteroatoms. The Kier molecular flexibility index (Phi) is 5.83. The van der Waals surface area contributed by atoms with Gasteiger partial charge in [-0.1, -0.05) is 0 Å². The molecule has 9 nitrogen and oxygen atoms in total. The maximum absolute atomic E-state index is 13.0. The first kappa shape index (κ1) is 20.1. The van der Waals surface area contributed by atoms with Crippen molar-refractivity contribution in [2.45, 2.75) is 31.8 Å². The molecule has 1 unspecified atom stereocenters. The van der Waals surface area contributed by atoms with Crippen LogP contribution >= 0.6 is 0 Å². The van der Waals surface area contributed by atoms with Crippen LogP contribution < -0.4 is 10.2 Å². The summed E-state index contributed by atoms with van der Waals surface area (Å²) in [4.78, 5) is 41.5. The van der Waals surface area contributed by atoms with E-state index in [0.717, 1.165) is 12.8 Å². The van der Waals surface area contributed by atoms with Crippen LogP contribution in [-0.4, -0.2) is 78.9 Å². The van der Waals surface area contributed by atoms with Gasteiger partial charge < -0.3 is 15.1 Å². The van der Waals surface area contributed by atoms with Crippen LogP contribution in [0.3, 0.4) is 0 Å². The summed E-state index contributed by atoms with van der Waals surface area (Å²) in [6, 6.07) is 4.45. The number of nitro benzene ring substituents is 1. The first-order valence-electron chi connectivity index (χ1n) is 9.57. The summed E-state index contributed by atoms with van der Waals surface area (Å²) in [5.74, 6) is -0.182. The predicted molar refractivity (Wildman–Crippen MR) is 106 cm³/mol. The number of carbonyl (C=O) groups excluding carboxylic acids is 2. The summed E-state index contributed by atoms with van der Waals surface area (Å²) in [6.07, 6.45) is 2.11. The van der Waals surface area contributed by atoms with Crippen molar-refractivity contribution in [1.29, 1.82) is 0 Å². The highest BCUT2D eigenvalue weighted by Gasteiger charge is 2.32. The second kappa shape index (κ2) is 8.14. The van der Waals surface area contributed by atoms with E-state index in [0.29, 0.717) is 43.5 Å². The van der Waals surface area contributed by atoms with E-state index in [1.807, 2.05) is 6.92 Å². The highest BCUT2D eigenvalue weighted by molar-refractivity contribution is 6.00. The maximum atomic E-state index is 13.0. The Balaban J connectivity index is 1.67. The van der Waals surface area contributed by atoms with Crippen molar-refractivity contribution in [3.8, 4) is 0 Å². The Morgan fingerprint density at radius 2 is 1.86 bits per heavy atom. The molecular weight excluding hydrogens is 362 g/mol. The van der Waals surface area contributed by atoms with Crippen molar-refractivity contribution in [2.75, 3.05) is 45.2 Å². The fraction of sp³-hybridized carbons (Fsp3) is 0.579. The van der Waals surface area contributed by atoms with Gasteiger partial charge in [0.2, 0.25) is 5.91 Å². The van der Waals surface area contributed by atoms with Gasteiger partial charge in [-0.05, 0) is 25.8 Å².